The molecule has 2 aromatic heterocycles. The number of aromatic nitrogens is 2. The van der Waals surface area contributed by atoms with Crippen LogP contribution in [0.5, 0.6) is 0 Å². The summed E-state index contributed by atoms with van der Waals surface area (Å²) in [5.41, 5.74) is 9.49. The molecule has 248 valence electrons. The van der Waals surface area contributed by atoms with Crippen molar-refractivity contribution >= 4 is 96.7 Å². The molecule has 0 radical (unpaired) electrons. The minimum Gasteiger partial charge on any atom is -0.456 e. The van der Waals surface area contributed by atoms with E-state index in [2.05, 4.69) is 160 Å². The van der Waals surface area contributed by atoms with Crippen LogP contribution < -0.4 is 0 Å². The Morgan fingerprint density at radius 3 is 1.68 bits per heavy atom. The number of benzene rings is 8. The summed E-state index contributed by atoms with van der Waals surface area (Å²) in [7, 11) is 7.89. The minimum atomic E-state index is -1.02. The Morgan fingerprint density at radius 2 is 1.02 bits per heavy atom. The van der Waals surface area contributed by atoms with Crippen molar-refractivity contribution in [1.29, 1.82) is 0 Å². The third-order valence-corrected chi connectivity index (χ3v) is 11.7. The first-order chi connectivity index (χ1) is 25.7. The number of furan rings is 1. The third-order valence-electron chi connectivity index (χ3n) is 11.7. The van der Waals surface area contributed by atoms with E-state index < -0.39 is 10.6 Å². The number of rotatable bonds is 5. The van der Waals surface area contributed by atoms with Crippen LogP contribution in [0.1, 0.15) is 5.82 Å². The summed E-state index contributed by atoms with van der Waals surface area (Å²) in [6.45, 7) is 0. The molecule has 0 aliphatic heterocycles. The van der Waals surface area contributed by atoms with Gasteiger partial charge < -0.3 is 9.52 Å². The highest BCUT2D eigenvalue weighted by Crippen LogP contribution is 2.48. The van der Waals surface area contributed by atoms with E-state index in [1.165, 1.54) is 43.8 Å². The molecule has 0 saturated carbocycles. The quantitative estimate of drug-likeness (QED) is 0.157. The molecule has 10 rings (SSSR count). The number of imidazole rings is 1. The first kappa shape index (κ1) is 31.7. The molecule has 4 nitrogen and oxygen atoms in total. The monoisotopic (exact) mass is 678 g/mol. The predicted molar refractivity (Wildman–Crippen MR) is 233 cm³/mol. The van der Waals surface area contributed by atoms with E-state index in [9.17, 15) is 5.11 Å². The predicted octanol–water partition coefficient (Wildman–Crippen LogP) is 7.05. The van der Waals surface area contributed by atoms with Gasteiger partial charge in [-0.3, -0.25) is 4.57 Å². The van der Waals surface area contributed by atoms with Crippen molar-refractivity contribution in [1.82, 2.24) is 9.55 Å². The standard InChI is InChI=1S/C45H34B4N2O2/c46-44(47,45(48,49)52)43-50-35-20-8-9-21-37(35)51(43)36-25-24-32(26-12-1-2-13-27(26)36)40-28-14-3-5-16-30(28)41(31-17-6-4-15-29(31)40)34-19-11-23-39-42(34)33-18-7-10-22-38(33)53-39/h1-25,52H,46-49H2. The summed E-state index contributed by atoms with van der Waals surface area (Å²) in [5, 5.41) is 19.1. The Labute approximate surface area is 310 Å². The second kappa shape index (κ2) is 11.5. The molecule has 10 aromatic rings. The van der Waals surface area contributed by atoms with Gasteiger partial charge in [0.2, 0.25) is 0 Å². The van der Waals surface area contributed by atoms with E-state index in [4.69, 9.17) is 9.40 Å². The van der Waals surface area contributed by atoms with E-state index >= 15 is 0 Å². The molecule has 0 fully saturated rings. The minimum absolute atomic E-state index is 0.656. The van der Waals surface area contributed by atoms with Crippen LogP contribution in [0.3, 0.4) is 0 Å². The van der Waals surface area contributed by atoms with Crippen LogP contribution in [0.4, 0.5) is 0 Å². The summed E-state index contributed by atoms with van der Waals surface area (Å²) in [6.07, 6.45) is 0. The first-order valence-corrected chi connectivity index (χ1v) is 18.3. The topological polar surface area (TPSA) is 51.2 Å². The van der Waals surface area contributed by atoms with Crippen molar-refractivity contribution in [3.05, 3.63) is 157 Å². The van der Waals surface area contributed by atoms with E-state index in [0.29, 0.717) is 0 Å². The Morgan fingerprint density at radius 1 is 0.491 bits per heavy atom. The molecule has 0 atom stereocenters. The largest absolute Gasteiger partial charge is 0.456 e. The molecule has 8 aromatic carbocycles. The summed E-state index contributed by atoms with van der Waals surface area (Å²) in [5.74, 6) is 0.824. The number of fused-ring (bicyclic) bond motifs is 7. The van der Waals surface area contributed by atoms with Crippen LogP contribution >= 0.6 is 0 Å². The summed E-state index contributed by atoms with van der Waals surface area (Å²) < 4.78 is 8.63. The van der Waals surface area contributed by atoms with Gasteiger partial charge in [0.25, 0.3) is 0 Å². The fourth-order valence-corrected chi connectivity index (χ4v) is 8.35. The Bertz CT molecular complexity index is 3040. The van der Waals surface area contributed by atoms with E-state index in [1.807, 2.05) is 27.8 Å². The zero-order chi connectivity index (χ0) is 36.1. The number of aliphatic hydroxyl groups is 1. The maximum absolute atomic E-state index is 11.4. The lowest BCUT2D eigenvalue weighted by Crippen LogP contribution is -2.55. The Kier molecular flexibility index (Phi) is 6.90. The van der Waals surface area contributed by atoms with E-state index in [-0.39, 0.29) is 0 Å². The van der Waals surface area contributed by atoms with Gasteiger partial charge in [-0.15, -0.1) is 0 Å². The lowest BCUT2D eigenvalue weighted by molar-refractivity contribution is 0.189. The summed E-state index contributed by atoms with van der Waals surface area (Å²) >= 11 is 0. The Balaban J connectivity index is 1.29. The fourth-order valence-electron chi connectivity index (χ4n) is 8.35. The number of hydrogen-bond donors (Lipinski definition) is 1. The molecule has 53 heavy (non-hydrogen) atoms. The van der Waals surface area contributed by atoms with Crippen LogP contribution in [-0.4, -0.2) is 51.4 Å². The van der Waals surface area contributed by atoms with Crippen molar-refractivity contribution in [2.75, 3.05) is 0 Å². The SMILES string of the molecule is BC(B)(O)C(B)(B)c1nc2ccccc2n1-c1ccc(-c2c3ccccc3c(-c3cccc4oc5ccccc5c34)c3ccccc23)c2ccccc12. The van der Waals surface area contributed by atoms with Gasteiger partial charge >= 0.3 is 0 Å². The first-order valence-electron chi connectivity index (χ1n) is 18.3. The molecule has 0 saturated heterocycles. The van der Waals surface area contributed by atoms with Gasteiger partial charge in [0, 0.05) is 16.2 Å². The van der Waals surface area contributed by atoms with Gasteiger partial charge in [0.15, 0.2) is 0 Å². The Hall–Kier alpha value is -5.97. The molecular weight excluding hydrogens is 644 g/mol. The van der Waals surface area contributed by atoms with E-state index in [1.54, 1.807) is 0 Å². The van der Waals surface area contributed by atoms with Crippen LogP contribution in [0.2, 0.25) is 0 Å². The molecule has 0 aliphatic carbocycles. The normalized spacial score (nSPS) is 12.5. The summed E-state index contributed by atoms with van der Waals surface area (Å²) in [4.78, 5) is 5.17. The van der Waals surface area contributed by atoms with Crippen molar-refractivity contribution in [3.63, 3.8) is 0 Å². The maximum Gasteiger partial charge on any atom is 0.136 e. The third kappa shape index (κ3) is 4.62. The number of nitrogens with zero attached hydrogens (tertiary/aromatic N) is 2. The molecule has 0 aliphatic rings. The number of para-hydroxylation sites is 3. The number of hydrogen-bond acceptors (Lipinski definition) is 3. The summed E-state index contributed by atoms with van der Waals surface area (Å²) in [6, 6.07) is 53.9. The van der Waals surface area contributed by atoms with Crippen LogP contribution in [-0.2, 0) is 5.21 Å². The maximum atomic E-state index is 11.4. The highest BCUT2D eigenvalue weighted by molar-refractivity contribution is 6.53. The molecule has 1 N–H and O–H groups in total. The average molecular weight is 678 g/mol. The molecule has 0 amide bonds. The lowest BCUT2D eigenvalue weighted by atomic mass is 9.35. The second-order valence-electron chi connectivity index (χ2n) is 15.2. The van der Waals surface area contributed by atoms with Crippen LogP contribution in [0, 0.1) is 0 Å². The molecule has 8 heteroatoms. The van der Waals surface area contributed by atoms with Gasteiger partial charge in [0.05, 0.1) is 16.7 Å². The van der Waals surface area contributed by atoms with Crippen molar-refractivity contribution < 1.29 is 9.52 Å². The molecule has 0 bridgehead atoms. The zero-order valence-corrected chi connectivity index (χ0v) is 30.2. The average Bonchev–Trinajstić information content (AvgIpc) is 3.76. The van der Waals surface area contributed by atoms with Crippen molar-refractivity contribution in [3.8, 4) is 27.9 Å². The van der Waals surface area contributed by atoms with Crippen LogP contribution in [0.25, 0.3) is 93.2 Å². The zero-order valence-electron chi connectivity index (χ0n) is 30.2. The van der Waals surface area contributed by atoms with Gasteiger partial charge in [-0.1, -0.05) is 121 Å². The molecular formula is C45H34B4N2O2. The smallest absolute Gasteiger partial charge is 0.136 e. The van der Waals surface area contributed by atoms with Gasteiger partial charge in [-0.25, -0.2) is 4.98 Å². The highest BCUT2D eigenvalue weighted by atomic mass is 16.3. The van der Waals surface area contributed by atoms with Gasteiger partial charge in [-0.05, 0) is 90.1 Å². The van der Waals surface area contributed by atoms with Crippen LogP contribution in [0.15, 0.2) is 156 Å². The van der Waals surface area contributed by atoms with Gasteiger partial charge in [0.1, 0.15) is 48.4 Å². The van der Waals surface area contributed by atoms with Crippen molar-refractivity contribution in [2.24, 2.45) is 0 Å². The molecule has 0 unspecified atom stereocenters. The van der Waals surface area contributed by atoms with E-state index in [0.717, 1.165) is 55.3 Å². The van der Waals surface area contributed by atoms with Gasteiger partial charge in [-0.2, -0.15) is 0 Å². The molecule has 2 heterocycles. The fraction of sp³-hybridized carbons (Fsp3) is 0.0444. The molecule has 0 spiro atoms. The van der Waals surface area contributed by atoms with Crippen molar-refractivity contribution in [2.45, 2.75) is 10.6 Å². The highest BCUT2D eigenvalue weighted by Gasteiger charge is 2.40. The second-order valence-corrected chi connectivity index (χ2v) is 15.2. The lowest BCUT2D eigenvalue weighted by Gasteiger charge is -2.38.